The number of benzene rings is 2. The van der Waals surface area contributed by atoms with Crippen molar-refractivity contribution in [2.75, 3.05) is 13.6 Å². The van der Waals surface area contributed by atoms with Crippen molar-refractivity contribution in [2.24, 2.45) is 5.14 Å². The first-order valence-electron chi connectivity index (χ1n) is 7.15. The number of primary sulfonamides is 1. The molecule has 2 aromatic carbocycles. The summed E-state index contributed by atoms with van der Waals surface area (Å²) in [5.74, 6) is -0.0762. The van der Waals surface area contributed by atoms with Crippen LogP contribution in [0.25, 0.3) is 0 Å². The SMILES string of the molecule is CN1Cc2c(Cl)cc(Cl)cc2C(c2ccc(Cl)c(S(N)(=O)=O)c2)C1. The van der Waals surface area contributed by atoms with Crippen LogP contribution in [-0.4, -0.2) is 26.9 Å². The van der Waals surface area contributed by atoms with Crippen LogP contribution < -0.4 is 5.14 Å². The molecular formula is C16H15Cl3N2O2S. The first kappa shape index (κ1) is 18.0. The van der Waals surface area contributed by atoms with Crippen LogP contribution in [0.4, 0.5) is 0 Å². The lowest BCUT2D eigenvalue weighted by Crippen LogP contribution is -2.31. The molecule has 1 heterocycles. The van der Waals surface area contributed by atoms with Crippen molar-refractivity contribution in [1.82, 2.24) is 4.90 Å². The molecule has 0 saturated carbocycles. The van der Waals surface area contributed by atoms with Gasteiger partial charge in [0.05, 0.1) is 5.02 Å². The standard InChI is InChI=1S/C16H15Cl3N2O2S/c1-21-7-12(11-5-10(17)6-15(19)13(11)8-21)9-2-3-14(18)16(4-9)24(20,22)23/h2-6,12H,7-8H2,1H3,(H2,20,22,23). The van der Waals surface area contributed by atoms with Gasteiger partial charge < -0.3 is 4.90 Å². The first-order chi connectivity index (χ1) is 11.2. The van der Waals surface area contributed by atoms with Crippen LogP contribution in [0.15, 0.2) is 35.2 Å². The van der Waals surface area contributed by atoms with Gasteiger partial charge >= 0.3 is 0 Å². The number of nitrogens with zero attached hydrogens (tertiary/aromatic N) is 1. The van der Waals surface area contributed by atoms with Crippen LogP contribution in [0.3, 0.4) is 0 Å². The Bertz CT molecular complexity index is 916. The van der Waals surface area contributed by atoms with Gasteiger partial charge in [-0.05, 0) is 48.0 Å². The molecule has 0 aliphatic carbocycles. The zero-order valence-corrected chi connectivity index (χ0v) is 15.8. The summed E-state index contributed by atoms with van der Waals surface area (Å²) >= 11 is 18.5. The van der Waals surface area contributed by atoms with Gasteiger partial charge in [0, 0.05) is 29.1 Å². The van der Waals surface area contributed by atoms with E-state index in [0.717, 1.165) is 16.7 Å². The summed E-state index contributed by atoms with van der Waals surface area (Å²) in [5.41, 5.74) is 2.79. The maximum atomic E-state index is 11.7. The van der Waals surface area contributed by atoms with Crippen LogP contribution in [0.1, 0.15) is 22.6 Å². The Hall–Kier alpha value is -0.820. The maximum Gasteiger partial charge on any atom is 0.239 e. The van der Waals surface area contributed by atoms with Crippen molar-refractivity contribution in [3.63, 3.8) is 0 Å². The lowest BCUT2D eigenvalue weighted by atomic mass is 9.85. The predicted molar refractivity (Wildman–Crippen MR) is 97.5 cm³/mol. The highest BCUT2D eigenvalue weighted by atomic mass is 35.5. The van der Waals surface area contributed by atoms with Crippen molar-refractivity contribution in [3.05, 3.63) is 62.1 Å². The van der Waals surface area contributed by atoms with E-state index in [0.29, 0.717) is 23.1 Å². The molecule has 0 bridgehead atoms. The van der Waals surface area contributed by atoms with Crippen molar-refractivity contribution in [2.45, 2.75) is 17.4 Å². The average Bonchev–Trinajstić information content (AvgIpc) is 2.47. The Morgan fingerprint density at radius 1 is 1.12 bits per heavy atom. The number of halogens is 3. The van der Waals surface area contributed by atoms with E-state index in [9.17, 15) is 8.42 Å². The molecule has 0 radical (unpaired) electrons. The summed E-state index contributed by atoms with van der Waals surface area (Å²) in [7, 11) is -1.92. The summed E-state index contributed by atoms with van der Waals surface area (Å²) in [5, 5.41) is 6.52. The van der Waals surface area contributed by atoms with E-state index in [2.05, 4.69) is 4.90 Å². The highest BCUT2D eigenvalue weighted by Gasteiger charge is 2.28. The maximum absolute atomic E-state index is 11.7. The molecule has 1 aliphatic rings. The van der Waals surface area contributed by atoms with Crippen molar-refractivity contribution in [1.29, 1.82) is 0 Å². The van der Waals surface area contributed by atoms with E-state index in [1.54, 1.807) is 18.2 Å². The van der Waals surface area contributed by atoms with E-state index in [-0.39, 0.29) is 15.8 Å². The zero-order valence-electron chi connectivity index (χ0n) is 12.8. The third kappa shape index (κ3) is 3.43. The molecule has 0 amide bonds. The molecule has 1 aliphatic heterocycles. The van der Waals surface area contributed by atoms with Gasteiger partial charge in [0.2, 0.25) is 10.0 Å². The Labute approximate surface area is 156 Å². The van der Waals surface area contributed by atoms with E-state index < -0.39 is 10.0 Å². The summed E-state index contributed by atoms with van der Waals surface area (Å²) in [6, 6.07) is 8.48. The number of likely N-dealkylation sites (N-methyl/N-ethyl adjacent to an activating group) is 1. The van der Waals surface area contributed by atoms with Crippen molar-refractivity contribution < 1.29 is 8.42 Å². The molecule has 0 spiro atoms. The minimum Gasteiger partial charge on any atom is -0.301 e. The molecule has 0 aromatic heterocycles. The van der Waals surface area contributed by atoms with Crippen LogP contribution in [0.2, 0.25) is 15.1 Å². The van der Waals surface area contributed by atoms with Gasteiger partial charge in [-0.15, -0.1) is 0 Å². The fourth-order valence-electron chi connectivity index (χ4n) is 3.09. The minimum atomic E-state index is -3.90. The molecule has 3 rings (SSSR count). The van der Waals surface area contributed by atoms with Gasteiger partial charge in [0.15, 0.2) is 0 Å². The second kappa shape index (κ2) is 6.48. The Morgan fingerprint density at radius 3 is 2.50 bits per heavy atom. The van der Waals surface area contributed by atoms with Crippen molar-refractivity contribution in [3.8, 4) is 0 Å². The van der Waals surface area contributed by atoms with E-state index >= 15 is 0 Å². The van der Waals surface area contributed by atoms with Gasteiger partial charge in [-0.3, -0.25) is 0 Å². The van der Waals surface area contributed by atoms with Gasteiger partial charge in [0.25, 0.3) is 0 Å². The normalized spacial score (nSPS) is 18.5. The fraction of sp³-hybridized carbons (Fsp3) is 0.250. The number of rotatable bonds is 2. The molecule has 0 saturated heterocycles. The van der Waals surface area contributed by atoms with E-state index in [1.165, 1.54) is 6.07 Å². The molecule has 2 N–H and O–H groups in total. The lowest BCUT2D eigenvalue weighted by molar-refractivity contribution is 0.295. The summed E-state index contributed by atoms with van der Waals surface area (Å²) in [4.78, 5) is 2.04. The highest BCUT2D eigenvalue weighted by molar-refractivity contribution is 7.89. The Balaban J connectivity index is 2.18. The lowest BCUT2D eigenvalue weighted by Gasteiger charge is -2.33. The van der Waals surface area contributed by atoms with Crippen LogP contribution in [0.5, 0.6) is 0 Å². The van der Waals surface area contributed by atoms with Crippen LogP contribution >= 0.6 is 34.8 Å². The number of nitrogens with two attached hydrogens (primary N) is 1. The molecule has 8 heteroatoms. The molecule has 1 atom stereocenters. The highest BCUT2D eigenvalue weighted by Crippen LogP contribution is 2.39. The summed E-state index contributed by atoms with van der Waals surface area (Å²) in [6.07, 6.45) is 0. The second-order valence-corrected chi connectivity index (χ2v) is 8.72. The molecule has 128 valence electrons. The number of hydrogen-bond acceptors (Lipinski definition) is 3. The molecule has 4 nitrogen and oxygen atoms in total. The Kier molecular flexibility index (Phi) is 4.86. The van der Waals surface area contributed by atoms with E-state index in [1.807, 2.05) is 13.1 Å². The summed E-state index contributed by atoms with van der Waals surface area (Å²) < 4.78 is 23.5. The molecule has 2 aromatic rings. The minimum absolute atomic E-state index is 0.0762. The predicted octanol–water partition coefficient (Wildman–Crippen LogP) is 3.87. The fourth-order valence-corrected chi connectivity index (χ4v) is 4.73. The largest absolute Gasteiger partial charge is 0.301 e. The van der Waals surface area contributed by atoms with Crippen molar-refractivity contribution >= 4 is 44.8 Å². The van der Waals surface area contributed by atoms with Gasteiger partial charge in [-0.25, -0.2) is 13.6 Å². The molecule has 0 fully saturated rings. The quantitative estimate of drug-likeness (QED) is 0.825. The third-order valence-corrected chi connectivity index (χ3v) is 6.10. The monoisotopic (exact) mass is 404 g/mol. The number of fused-ring (bicyclic) bond motifs is 1. The first-order valence-corrected chi connectivity index (χ1v) is 9.83. The van der Waals surface area contributed by atoms with Gasteiger partial charge in [0.1, 0.15) is 4.90 Å². The summed E-state index contributed by atoms with van der Waals surface area (Å²) in [6.45, 7) is 1.41. The molecule has 24 heavy (non-hydrogen) atoms. The smallest absolute Gasteiger partial charge is 0.239 e. The van der Waals surface area contributed by atoms with Gasteiger partial charge in [-0.1, -0.05) is 40.9 Å². The van der Waals surface area contributed by atoms with Crippen LogP contribution in [0, 0.1) is 0 Å². The third-order valence-electron chi connectivity index (χ3n) is 4.16. The average molecular weight is 406 g/mol. The second-order valence-electron chi connectivity index (χ2n) is 5.94. The zero-order chi connectivity index (χ0) is 17.6. The molecule has 1 unspecified atom stereocenters. The van der Waals surface area contributed by atoms with E-state index in [4.69, 9.17) is 39.9 Å². The van der Waals surface area contributed by atoms with Crippen LogP contribution in [-0.2, 0) is 16.6 Å². The number of hydrogen-bond donors (Lipinski definition) is 1. The Morgan fingerprint density at radius 2 is 1.83 bits per heavy atom. The number of sulfonamides is 1. The molecular weight excluding hydrogens is 391 g/mol. The van der Waals surface area contributed by atoms with Gasteiger partial charge in [-0.2, -0.15) is 0 Å². The topological polar surface area (TPSA) is 63.4 Å².